The summed E-state index contributed by atoms with van der Waals surface area (Å²) in [5.41, 5.74) is 7.42. The molecule has 16 heavy (non-hydrogen) atoms. The molecule has 1 aromatic rings. The van der Waals surface area contributed by atoms with Gasteiger partial charge in [0.2, 0.25) is 0 Å². The third-order valence-electron chi connectivity index (χ3n) is 3.59. The zero-order valence-electron chi connectivity index (χ0n) is 10.1. The summed E-state index contributed by atoms with van der Waals surface area (Å²) in [5.74, 6) is 1.43. The second-order valence-corrected chi connectivity index (χ2v) is 4.48. The Morgan fingerprint density at radius 2 is 2.25 bits per heavy atom. The molecule has 1 aliphatic rings. The van der Waals surface area contributed by atoms with Crippen LogP contribution in [0, 0.1) is 5.92 Å². The minimum atomic E-state index is 0.0694. The number of ether oxygens (including phenoxy) is 1. The molecule has 1 saturated carbocycles. The van der Waals surface area contributed by atoms with Crippen molar-refractivity contribution in [3.8, 4) is 5.75 Å². The van der Waals surface area contributed by atoms with Gasteiger partial charge in [-0.1, -0.05) is 12.8 Å². The SMILES string of the molecule is CCn1ncc(OC)c1C(N)C1CCCC1. The van der Waals surface area contributed by atoms with Crippen molar-refractivity contribution in [1.29, 1.82) is 0 Å². The molecule has 1 aromatic heterocycles. The van der Waals surface area contributed by atoms with Crippen molar-refractivity contribution in [2.24, 2.45) is 11.7 Å². The Morgan fingerprint density at radius 3 is 2.81 bits per heavy atom. The number of hydrogen-bond donors (Lipinski definition) is 1. The number of nitrogens with zero attached hydrogens (tertiary/aromatic N) is 2. The zero-order valence-corrected chi connectivity index (χ0v) is 10.1. The van der Waals surface area contributed by atoms with Gasteiger partial charge in [0.05, 0.1) is 25.0 Å². The summed E-state index contributed by atoms with van der Waals surface area (Å²) in [7, 11) is 1.68. The minimum absolute atomic E-state index is 0.0694. The van der Waals surface area contributed by atoms with Crippen molar-refractivity contribution in [2.45, 2.75) is 45.2 Å². The zero-order chi connectivity index (χ0) is 11.5. The molecular weight excluding hydrogens is 202 g/mol. The van der Waals surface area contributed by atoms with Gasteiger partial charge < -0.3 is 10.5 Å². The van der Waals surface area contributed by atoms with E-state index < -0.39 is 0 Å². The van der Waals surface area contributed by atoms with Gasteiger partial charge in [-0.05, 0) is 25.7 Å². The maximum atomic E-state index is 6.36. The van der Waals surface area contributed by atoms with Gasteiger partial charge in [0.1, 0.15) is 0 Å². The molecule has 2 N–H and O–H groups in total. The largest absolute Gasteiger partial charge is 0.493 e. The highest BCUT2D eigenvalue weighted by Crippen LogP contribution is 2.37. The average molecular weight is 223 g/mol. The fraction of sp³-hybridized carbons (Fsp3) is 0.750. The van der Waals surface area contributed by atoms with E-state index in [0.717, 1.165) is 18.0 Å². The molecule has 0 aromatic carbocycles. The fourth-order valence-electron chi connectivity index (χ4n) is 2.66. The third kappa shape index (κ3) is 1.94. The maximum absolute atomic E-state index is 6.36. The van der Waals surface area contributed by atoms with Crippen LogP contribution in [0.25, 0.3) is 0 Å². The predicted octanol–water partition coefficient (Wildman–Crippen LogP) is 2.10. The van der Waals surface area contributed by atoms with E-state index in [4.69, 9.17) is 10.5 Å². The van der Waals surface area contributed by atoms with E-state index in [2.05, 4.69) is 12.0 Å². The van der Waals surface area contributed by atoms with Crippen molar-refractivity contribution in [2.75, 3.05) is 7.11 Å². The first kappa shape index (κ1) is 11.5. The Hall–Kier alpha value is -1.03. The summed E-state index contributed by atoms with van der Waals surface area (Å²) in [5, 5.41) is 4.31. The van der Waals surface area contributed by atoms with Crippen LogP contribution in [0.1, 0.15) is 44.3 Å². The third-order valence-corrected chi connectivity index (χ3v) is 3.59. The van der Waals surface area contributed by atoms with Crippen molar-refractivity contribution < 1.29 is 4.74 Å². The van der Waals surface area contributed by atoms with Gasteiger partial charge in [0, 0.05) is 6.54 Å². The lowest BCUT2D eigenvalue weighted by Gasteiger charge is -2.20. The molecule has 1 fully saturated rings. The van der Waals surface area contributed by atoms with Crippen LogP contribution in [0.5, 0.6) is 5.75 Å². The summed E-state index contributed by atoms with van der Waals surface area (Å²) in [4.78, 5) is 0. The molecule has 4 heteroatoms. The molecule has 0 spiro atoms. The monoisotopic (exact) mass is 223 g/mol. The Bertz CT molecular complexity index is 321. The normalized spacial score (nSPS) is 18.9. The quantitative estimate of drug-likeness (QED) is 0.850. The van der Waals surface area contributed by atoms with E-state index in [1.54, 1.807) is 13.3 Å². The molecule has 0 bridgehead atoms. The second kappa shape index (κ2) is 4.87. The summed E-state index contributed by atoms with van der Waals surface area (Å²) < 4.78 is 7.31. The smallest absolute Gasteiger partial charge is 0.161 e. The van der Waals surface area contributed by atoms with Crippen molar-refractivity contribution in [1.82, 2.24) is 9.78 Å². The Balaban J connectivity index is 2.25. The van der Waals surface area contributed by atoms with Crippen LogP contribution in [0.2, 0.25) is 0 Å². The van der Waals surface area contributed by atoms with Crippen LogP contribution < -0.4 is 10.5 Å². The van der Waals surface area contributed by atoms with Gasteiger partial charge in [-0.15, -0.1) is 0 Å². The Morgan fingerprint density at radius 1 is 1.56 bits per heavy atom. The number of methoxy groups -OCH3 is 1. The summed E-state index contributed by atoms with van der Waals surface area (Å²) >= 11 is 0. The number of aromatic nitrogens is 2. The van der Waals surface area contributed by atoms with Crippen molar-refractivity contribution in [3.05, 3.63) is 11.9 Å². The molecule has 0 amide bonds. The first-order valence-corrected chi connectivity index (χ1v) is 6.13. The van der Waals surface area contributed by atoms with Gasteiger partial charge in [-0.3, -0.25) is 4.68 Å². The summed E-state index contributed by atoms with van der Waals surface area (Å²) in [6.45, 7) is 2.93. The predicted molar refractivity (Wildman–Crippen MR) is 63.3 cm³/mol. The highest BCUT2D eigenvalue weighted by molar-refractivity contribution is 5.28. The maximum Gasteiger partial charge on any atom is 0.161 e. The first-order chi connectivity index (χ1) is 7.77. The number of aryl methyl sites for hydroxylation is 1. The van der Waals surface area contributed by atoms with E-state index in [1.165, 1.54) is 25.7 Å². The molecule has 1 atom stereocenters. The van der Waals surface area contributed by atoms with Gasteiger partial charge in [0.25, 0.3) is 0 Å². The lowest BCUT2D eigenvalue weighted by molar-refractivity contribution is 0.372. The standard InChI is InChI=1S/C12H21N3O/c1-3-15-12(10(16-2)8-14-15)11(13)9-6-4-5-7-9/h8-9,11H,3-7,13H2,1-2H3. The van der Waals surface area contributed by atoms with Gasteiger partial charge in [-0.2, -0.15) is 5.10 Å². The highest BCUT2D eigenvalue weighted by Gasteiger charge is 2.28. The Labute approximate surface area is 96.8 Å². The molecule has 1 aliphatic carbocycles. The summed E-state index contributed by atoms with van der Waals surface area (Å²) in [6.07, 6.45) is 6.86. The van der Waals surface area contributed by atoms with Crippen LogP contribution in [0.4, 0.5) is 0 Å². The van der Waals surface area contributed by atoms with Crippen LogP contribution in [0.15, 0.2) is 6.20 Å². The van der Waals surface area contributed by atoms with Gasteiger partial charge in [-0.25, -0.2) is 0 Å². The molecule has 90 valence electrons. The highest BCUT2D eigenvalue weighted by atomic mass is 16.5. The molecule has 2 rings (SSSR count). The molecule has 4 nitrogen and oxygen atoms in total. The van der Waals surface area contributed by atoms with Crippen LogP contribution in [-0.2, 0) is 6.54 Å². The second-order valence-electron chi connectivity index (χ2n) is 4.48. The van der Waals surface area contributed by atoms with Gasteiger partial charge >= 0.3 is 0 Å². The molecule has 0 aliphatic heterocycles. The average Bonchev–Trinajstić information content (AvgIpc) is 2.96. The van der Waals surface area contributed by atoms with E-state index in [0.29, 0.717) is 5.92 Å². The molecule has 0 saturated heterocycles. The topological polar surface area (TPSA) is 53.1 Å². The van der Waals surface area contributed by atoms with Crippen LogP contribution >= 0.6 is 0 Å². The lowest BCUT2D eigenvalue weighted by Crippen LogP contribution is -2.23. The summed E-state index contributed by atoms with van der Waals surface area (Å²) in [6, 6.07) is 0.0694. The molecule has 1 heterocycles. The van der Waals surface area contributed by atoms with E-state index in [9.17, 15) is 0 Å². The lowest BCUT2D eigenvalue weighted by atomic mass is 9.96. The molecule has 1 unspecified atom stereocenters. The van der Waals surface area contributed by atoms with E-state index in [1.807, 2.05) is 4.68 Å². The van der Waals surface area contributed by atoms with E-state index in [-0.39, 0.29) is 6.04 Å². The van der Waals surface area contributed by atoms with E-state index >= 15 is 0 Å². The first-order valence-electron chi connectivity index (χ1n) is 6.13. The Kier molecular flexibility index (Phi) is 3.49. The number of rotatable bonds is 4. The molecule has 0 radical (unpaired) electrons. The molecular formula is C12H21N3O. The van der Waals surface area contributed by atoms with Gasteiger partial charge in [0.15, 0.2) is 5.75 Å². The number of hydrogen-bond acceptors (Lipinski definition) is 3. The van der Waals surface area contributed by atoms with Crippen LogP contribution in [0.3, 0.4) is 0 Å². The fourth-order valence-corrected chi connectivity index (χ4v) is 2.66. The van der Waals surface area contributed by atoms with Crippen LogP contribution in [-0.4, -0.2) is 16.9 Å². The minimum Gasteiger partial charge on any atom is -0.493 e. The number of nitrogens with two attached hydrogens (primary N) is 1. The van der Waals surface area contributed by atoms with Crippen molar-refractivity contribution >= 4 is 0 Å². The van der Waals surface area contributed by atoms with Crippen molar-refractivity contribution in [3.63, 3.8) is 0 Å².